The molecule has 1 aliphatic heterocycles. The third-order valence-electron chi connectivity index (χ3n) is 2.79. The molecule has 0 aliphatic carbocycles. The van der Waals surface area contributed by atoms with Crippen molar-refractivity contribution in [3.8, 4) is 5.88 Å². The molecule has 1 aromatic heterocycles. The minimum atomic E-state index is -0.430. The Labute approximate surface area is 110 Å². The first-order chi connectivity index (χ1) is 8.61. The fourth-order valence-electron chi connectivity index (χ4n) is 1.89. The average molecular weight is 271 g/mol. The van der Waals surface area contributed by atoms with E-state index >= 15 is 0 Å². The lowest BCUT2D eigenvalue weighted by Crippen LogP contribution is -2.29. The molecule has 1 aromatic rings. The molecule has 1 atom stereocenters. The van der Waals surface area contributed by atoms with E-state index in [0.717, 1.165) is 0 Å². The van der Waals surface area contributed by atoms with Gasteiger partial charge in [-0.25, -0.2) is 4.98 Å². The molecular weight excluding hydrogens is 256 g/mol. The van der Waals surface area contributed by atoms with Gasteiger partial charge >= 0.3 is 0 Å². The fourth-order valence-corrected chi connectivity index (χ4v) is 2.12. The molecule has 0 radical (unpaired) electrons. The lowest BCUT2D eigenvalue weighted by Gasteiger charge is -2.15. The van der Waals surface area contributed by atoms with E-state index in [2.05, 4.69) is 4.98 Å². The van der Waals surface area contributed by atoms with E-state index in [1.165, 1.54) is 6.20 Å². The Hall–Kier alpha value is -1.33. The number of β-amino-alcohol motifs (C(OH)–C–C–N with tert-alkyl or cyclic N) is 1. The number of aromatic nitrogens is 1. The molecule has 0 unspecified atom stereocenters. The summed E-state index contributed by atoms with van der Waals surface area (Å²) in [6.07, 6.45) is 1.63. The molecule has 0 aromatic carbocycles. The maximum absolute atomic E-state index is 12.1. The van der Waals surface area contributed by atoms with Crippen LogP contribution in [0.25, 0.3) is 0 Å². The summed E-state index contributed by atoms with van der Waals surface area (Å²) >= 11 is 5.98. The summed E-state index contributed by atoms with van der Waals surface area (Å²) in [4.78, 5) is 17.7. The van der Waals surface area contributed by atoms with Crippen molar-refractivity contribution in [1.82, 2.24) is 9.88 Å². The minimum Gasteiger partial charge on any atom is -0.477 e. The second-order valence-electron chi connectivity index (χ2n) is 4.14. The summed E-state index contributed by atoms with van der Waals surface area (Å²) in [5.74, 6) is 0.168. The summed E-state index contributed by atoms with van der Waals surface area (Å²) in [7, 11) is 0. The first kappa shape index (κ1) is 13.1. The zero-order valence-electron chi connectivity index (χ0n) is 10.1. The molecule has 1 N–H and O–H groups in total. The third-order valence-corrected chi connectivity index (χ3v) is 3.06. The smallest absolute Gasteiger partial charge is 0.255 e. The standard InChI is InChI=1S/C12H15ClN2O3/c1-2-18-11-10(13)5-8(6-14-11)12(17)15-4-3-9(16)7-15/h5-6,9,16H,2-4,7H2,1H3/t9-/m1/s1. The highest BCUT2D eigenvalue weighted by Gasteiger charge is 2.26. The summed E-state index contributed by atoms with van der Waals surface area (Å²) in [5.41, 5.74) is 0.414. The van der Waals surface area contributed by atoms with Crippen molar-refractivity contribution in [3.63, 3.8) is 0 Å². The van der Waals surface area contributed by atoms with Crippen LogP contribution in [0, 0.1) is 0 Å². The third kappa shape index (κ3) is 2.73. The molecule has 1 saturated heterocycles. The molecule has 2 rings (SSSR count). The molecule has 1 amide bonds. The molecule has 98 valence electrons. The van der Waals surface area contributed by atoms with E-state index in [-0.39, 0.29) is 5.91 Å². The van der Waals surface area contributed by atoms with Crippen molar-refractivity contribution in [3.05, 3.63) is 22.8 Å². The van der Waals surface area contributed by atoms with Gasteiger partial charge < -0.3 is 14.7 Å². The Bertz CT molecular complexity index is 453. The highest BCUT2D eigenvalue weighted by molar-refractivity contribution is 6.32. The van der Waals surface area contributed by atoms with Gasteiger partial charge in [-0.15, -0.1) is 0 Å². The van der Waals surface area contributed by atoms with Gasteiger partial charge in [0.15, 0.2) is 0 Å². The Kier molecular flexibility index (Phi) is 4.04. The number of pyridine rings is 1. The van der Waals surface area contributed by atoms with E-state index < -0.39 is 6.10 Å². The molecule has 0 saturated carbocycles. The number of amides is 1. The number of hydrogen-bond donors (Lipinski definition) is 1. The molecule has 5 nitrogen and oxygen atoms in total. The van der Waals surface area contributed by atoms with Gasteiger partial charge in [0.05, 0.1) is 18.3 Å². The number of likely N-dealkylation sites (tertiary alicyclic amines) is 1. The van der Waals surface area contributed by atoms with Crippen molar-refractivity contribution in [2.45, 2.75) is 19.4 Å². The number of carbonyl (C=O) groups is 1. The second kappa shape index (κ2) is 5.54. The number of aliphatic hydroxyl groups excluding tert-OH is 1. The molecule has 2 heterocycles. The van der Waals surface area contributed by atoms with Gasteiger partial charge in [-0.1, -0.05) is 11.6 Å². The summed E-state index contributed by atoms with van der Waals surface area (Å²) in [5, 5.41) is 9.73. The van der Waals surface area contributed by atoms with Gasteiger partial charge in [0, 0.05) is 19.3 Å². The summed E-state index contributed by atoms with van der Waals surface area (Å²) in [6.45, 7) is 3.23. The Morgan fingerprint density at radius 1 is 1.72 bits per heavy atom. The molecule has 0 bridgehead atoms. The van der Waals surface area contributed by atoms with Crippen molar-refractivity contribution < 1.29 is 14.6 Å². The first-order valence-corrected chi connectivity index (χ1v) is 6.25. The second-order valence-corrected chi connectivity index (χ2v) is 4.54. The van der Waals surface area contributed by atoms with E-state index in [1.807, 2.05) is 6.92 Å². The van der Waals surface area contributed by atoms with Crippen LogP contribution < -0.4 is 4.74 Å². The molecule has 1 fully saturated rings. The normalized spacial score (nSPS) is 19.1. The number of hydrogen-bond acceptors (Lipinski definition) is 4. The average Bonchev–Trinajstić information content (AvgIpc) is 2.78. The maximum Gasteiger partial charge on any atom is 0.255 e. The maximum atomic E-state index is 12.1. The highest BCUT2D eigenvalue weighted by atomic mass is 35.5. The fraction of sp³-hybridized carbons (Fsp3) is 0.500. The lowest BCUT2D eigenvalue weighted by atomic mass is 10.2. The van der Waals surface area contributed by atoms with Crippen LogP contribution in [0.2, 0.25) is 5.02 Å². The predicted octanol–water partition coefficient (Wildman–Crippen LogP) is 1.34. The quantitative estimate of drug-likeness (QED) is 0.900. The Balaban J connectivity index is 2.13. The van der Waals surface area contributed by atoms with E-state index in [0.29, 0.717) is 42.6 Å². The van der Waals surface area contributed by atoms with Gasteiger partial charge in [0.2, 0.25) is 5.88 Å². The van der Waals surface area contributed by atoms with E-state index in [9.17, 15) is 9.90 Å². The summed E-state index contributed by atoms with van der Waals surface area (Å²) < 4.78 is 5.21. The van der Waals surface area contributed by atoms with Crippen molar-refractivity contribution in [2.24, 2.45) is 0 Å². The summed E-state index contributed by atoms with van der Waals surface area (Å²) in [6, 6.07) is 1.55. The number of rotatable bonds is 3. The molecule has 0 spiro atoms. The van der Waals surface area contributed by atoms with Crippen molar-refractivity contribution >= 4 is 17.5 Å². The largest absolute Gasteiger partial charge is 0.477 e. The van der Waals surface area contributed by atoms with Gasteiger partial charge in [0.1, 0.15) is 5.02 Å². The number of halogens is 1. The van der Waals surface area contributed by atoms with Crippen LogP contribution in [-0.4, -0.2) is 46.7 Å². The molecule has 18 heavy (non-hydrogen) atoms. The highest BCUT2D eigenvalue weighted by Crippen LogP contribution is 2.23. The van der Waals surface area contributed by atoms with Crippen molar-refractivity contribution in [1.29, 1.82) is 0 Å². The van der Waals surface area contributed by atoms with Crippen LogP contribution in [0.5, 0.6) is 5.88 Å². The van der Waals surface area contributed by atoms with Crippen LogP contribution in [0.3, 0.4) is 0 Å². The van der Waals surface area contributed by atoms with Gasteiger partial charge in [-0.2, -0.15) is 0 Å². The monoisotopic (exact) mass is 270 g/mol. The zero-order valence-corrected chi connectivity index (χ0v) is 10.9. The zero-order chi connectivity index (χ0) is 13.1. The van der Waals surface area contributed by atoms with Crippen LogP contribution in [0.15, 0.2) is 12.3 Å². The van der Waals surface area contributed by atoms with E-state index in [1.54, 1.807) is 11.0 Å². The predicted molar refractivity (Wildman–Crippen MR) is 66.9 cm³/mol. The van der Waals surface area contributed by atoms with Crippen molar-refractivity contribution in [2.75, 3.05) is 19.7 Å². The molecule has 6 heteroatoms. The Morgan fingerprint density at radius 2 is 2.50 bits per heavy atom. The lowest BCUT2D eigenvalue weighted by molar-refractivity contribution is 0.0764. The SMILES string of the molecule is CCOc1ncc(C(=O)N2CC[C@@H](O)C2)cc1Cl. The minimum absolute atomic E-state index is 0.163. The number of aliphatic hydroxyl groups is 1. The molecular formula is C12H15ClN2O3. The molecule has 1 aliphatic rings. The van der Waals surface area contributed by atoms with E-state index in [4.69, 9.17) is 16.3 Å². The van der Waals surface area contributed by atoms with Gasteiger partial charge in [-0.3, -0.25) is 4.79 Å². The van der Waals surface area contributed by atoms with Gasteiger partial charge in [0.25, 0.3) is 5.91 Å². The number of nitrogens with zero attached hydrogens (tertiary/aromatic N) is 2. The van der Waals surface area contributed by atoms with Crippen LogP contribution in [-0.2, 0) is 0 Å². The topological polar surface area (TPSA) is 62.7 Å². The van der Waals surface area contributed by atoms with Gasteiger partial charge in [-0.05, 0) is 19.4 Å². The number of ether oxygens (including phenoxy) is 1. The number of carbonyl (C=O) groups excluding carboxylic acids is 1. The first-order valence-electron chi connectivity index (χ1n) is 5.87. The van der Waals surface area contributed by atoms with Crippen LogP contribution in [0.1, 0.15) is 23.7 Å². The van der Waals surface area contributed by atoms with Crippen LogP contribution >= 0.6 is 11.6 Å². The van der Waals surface area contributed by atoms with Crippen LogP contribution in [0.4, 0.5) is 0 Å². The Morgan fingerprint density at radius 3 is 3.06 bits per heavy atom.